The van der Waals surface area contributed by atoms with Gasteiger partial charge in [0.25, 0.3) is 0 Å². The highest BCUT2D eigenvalue weighted by Crippen LogP contribution is 2.71. The van der Waals surface area contributed by atoms with Crippen molar-refractivity contribution < 1.29 is 14.5 Å². The third-order valence-corrected chi connectivity index (χ3v) is 5.51. The number of nitrogens with zero attached hydrogens (tertiary/aromatic N) is 1. The number of rotatable bonds is 5. The van der Waals surface area contributed by atoms with Crippen LogP contribution in [0.25, 0.3) is 0 Å². The summed E-state index contributed by atoms with van der Waals surface area (Å²) in [5.41, 5.74) is -0.180. The summed E-state index contributed by atoms with van der Waals surface area (Å²) >= 11 is 0. The minimum Gasteiger partial charge on any atom is -0.466 e. The van der Waals surface area contributed by atoms with Crippen molar-refractivity contribution in [3.8, 4) is 0 Å². The maximum absolute atomic E-state index is 11.8. The van der Waals surface area contributed by atoms with Crippen LogP contribution in [0, 0.1) is 26.4 Å². The number of fused-ring (bicyclic) bond motifs is 1. The molecule has 2 aliphatic rings. The summed E-state index contributed by atoms with van der Waals surface area (Å²) < 4.78 is 5.01. The van der Waals surface area contributed by atoms with Crippen molar-refractivity contribution in [2.45, 2.75) is 52.9 Å². The highest BCUT2D eigenvalue weighted by atomic mass is 16.6. The maximum Gasteiger partial charge on any atom is 0.306 e. The zero-order valence-corrected chi connectivity index (χ0v) is 12.0. The van der Waals surface area contributed by atoms with E-state index in [4.69, 9.17) is 4.74 Å². The largest absolute Gasteiger partial charge is 0.466 e. The Hall–Kier alpha value is -1.13. The lowest BCUT2D eigenvalue weighted by Crippen LogP contribution is -2.42. The van der Waals surface area contributed by atoms with E-state index < -0.39 is 5.41 Å². The molecule has 0 amide bonds. The van der Waals surface area contributed by atoms with Gasteiger partial charge in [-0.2, -0.15) is 0 Å². The summed E-state index contributed by atoms with van der Waals surface area (Å²) in [5, 5.41) is 11.0. The van der Waals surface area contributed by atoms with E-state index in [1.807, 2.05) is 0 Å². The van der Waals surface area contributed by atoms with Gasteiger partial charge in [-0.25, -0.2) is 0 Å². The van der Waals surface area contributed by atoms with Crippen LogP contribution < -0.4 is 0 Å². The summed E-state index contributed by atoms with van der Waals surface area (Å²) in [5.74, 6) is -0.294. The minimum absolute atomic E-state index is 0.114. The van der Waals surface area contributed by atoms with Gasteiger partial charge in [0.2, 0.25) is 6.54 Å². The molecule has 0 aromatic rings. The molecule has 0 bridgehead atoms. The fourth-order valence-electron chi connectivity index (χ4n) is 4.38. The van der Waals surface area contributed by atoms with Crippen LogP contribution >= 0.6 is 0 Å². The highest BCUT2D eigenvalue weighted by Gasteiger charge is 2.65. The van der Waals surface area contributed by atoms with E-state index >= 15 is 0 Å². The van der Waals surface area contributed by atoms with Gasteiger partial charge in [-0.3, -0.25) is 14.9 Å². The first-order chi connectivity index (χ1) is 8.74. The van der Waals surface area contributed by atoms with Gasteiger partial charge >= 0.3 is 5.97 Å². The molecule has 0 saturated heterocycles. The molecular weight excluding hydrogens is 246 g/mol. The second-order valence-corrected chi connectivity index (χ2v) is 6.95. The second kappa shape index (κ2) is 4.46. The summed E-state index contributed by atoms with van der Waals surface area (Å²) in [6, 6.07) is 0. The standard InChI is InChI=1S/C14H23NO4/c1-4-19-11(16)7-14(10-15(17)18)8-12(2)5-6-13(12,3)9-14/h4-10H2,1-3H3/t12-,13+,14?. The minimum atomic E-state index is -0.504. The van der Waals surface area contributed by atoms with E-state index in [0.717, 1.165) is 25.7 Å². The molecular formula is C14H23NO4. The molecule has 0 aromatic carbocycles. The number of carbonyl (C=O) groups excluding carboxylic acids is 1. The Morgan fingerprint density at radius 2 is 1.79 bits per heavy atom. The third-order valence-electron chi connectivity index (χ3n) is 5.51. The van der Waals surface area contributed by atoms with Crippen LogP contribution in [-0.2, 0) is 9.53 Å². The number of carbonyl (C=O) groups is 1. The lowest BCUT2D eigenvalue weighted by atomic mass is 9.53. The molecule has 3 atom stereocenters. The molecule has 0 heterocycles. The number of hydrogen-bond donors (Lipinski definition) is 0. The fourth-order valence-corrected chi connectivity index (χ4v) is 4.38. The van der Waals surface area contributed by atoms with Crippen LogP contribution in [0.1, 0.15) is 52.9 Å². The summed E-state index contributed by atoms with van der Waals surface area (Å²) in [6.07, 6.45) is 3.97. The van der Waals surface area contributed by atoms with Crippen molar-refractivity contribution in [3.05, 3.63) is 10.1 Å². The van der Waals surface area contributed by atoms with E-state index in [0.29, 0.717) is 6.61 Å². The number of ether oxygens (including phenoxy) is 1. The Morgan fingerprint density at radius 1 is 1.26 bits per heavy atom. The fraction of sp³-hybridized carbons (Fsp3) is 0.929. The van der Waals surface area contributed by atoms with Crippen molar-refractivity contribution in [2.24, 2.45) is 16.2 Å². The van der Waals surface area contributed by atoms with E-state index in [2.05, 4.69) is 13.8 Å². The molecule has 2 aliphatic carbocycles. The SMILES string of the molecule is CCOC(=O)CC1(C[N+](=O)[O-])C[C@]2(C)CC[C@]2(C)C1. The molecule has 0 spiro atoms. The van der Waals surface area contributed by atoms with Gasteiger partial charge in [-0.1, -0.05) is 13.8 Å². The number of hydrogen-bond acceptors (Lipinski definition) is 4. The van der Waals surface area contributed by atoms with Gasteiger partial charge in [0.15, 0.2) is 0 Å². The Labute approximate surface area is 113 Å². The lowest BCUT2D eigenvalue weighted by Gasteiger charge is -2.52. The molecule has 5 heteroatoms. The van der Waals surface area contributed by atoms with E-state index in [9.17, 15) is 14.9 Å². The second-order valence-electron chi connectivity index (χ2n) is 6.95. The topological polar surface area (TPSA) is 69.4 Å². The molecule has 2 saturated carbocycles. The molecule has 0 aliphatic heterocycles. The van der Waals surface area contributed by atoms with Crippen LogP contribution in [0.15, 0.2) is 0 Å². The summed E-state index contributed by atoms with van der Waals surface area (Å²) in [7, 11) is 0. The predicted octanol–water partition coefficient (Wildman–Crippen LogP) is 2.80. The predicted molar refractivity (Wildman–Crippen MR) is 70.2 cm³/mol. The molecule has 0 N–H and O–H groups in total. The molecule has 108 valence electrons. The van der Waals surface area contributed by atoms with Crippen molar-refractivity contribution in [3.63, 3.8) is 0 Å². The maximum atomic E-state index is 11.8. The Morgan fingerprint density at radius 3 is 2.16 bits per heavy atom. The molecule has 5 nitrogen and oxygen atoms in total. The molecule has 2 rings (SSSR count). The molecule has 0 radical (unpaired) electrons. The summed E-state index contributed by atoms with van der Waals surface area (Å²) in [6.45, 7) is 6.41. The van der Waals surface area contributed by atoms with Crippen molar-refractivity contribution in [1.82, 2.24) is 0 Å². The van der Waals surface area contributed by atoms with Crippen LogP contribution in [-0.4, -0.2) is 24.0 Å². The molecule has 0 aromatic heterocycles. The zero-order chi connectivity index (χ0) is 14.3. The van der Waals surface area contributed by atoms with Gasteiger partial charge in [-0.05, 0) is 43.4 Å². The number of nitro groups is 1. The monoisotopic (exact) mass is 269 g/mol. The van der Waals surface area contributed by atoms with Crippen LogP contribution in [0.2, 0.25) is 0 Å². The zero-order valence-electron chi connectivity index (χ0n) is 12.0. The normalized spacial score (nSPS) is 40.4. The Bertz CT molecular complexity index is 390. The van der Waals surface area contributed by atoms with Gasteiger partial charge < -0.3 is 4.74 Å². The quantitative estimate of drug-likeness (QED) is 0.437. The average molecular weight is 269 g/mol. The van der Waals surface area contributed by atoms with Crippen molar-refractivity contribution >= 4 is 5.97 Å². The van der Waals surface area contributed by atoms with Gasteiger partial charge in [0.05, 0.1) is 13.0 Å². The van der Waals surface area contributed by atoms with E-state index in [1.165, 1.54) is 0 Å². The van der Waals surface area contributed by atoms with E-state index in [-0.39, 0.29) is 34.7 Å². The van der Waals surface area contributed by atoms with Crippen LogP contribution in [0.5, 0.6) is 0 Å². The van der Waals surface area contributed by atoms with Gasteiger partial charge in [0, 0.05) is 10.3 Å². The first-order valence-corrected chi connectivity index (χ1v) is 7.02. The first-order valence-electron chi connectivity index (χ1n) is 7.02. The molecule has 19 heavy (non-hydrogen) atoms. The molecule has 2 fully saturated rings. The smallest absolute Gasteiger partial charge is 0.306 e. The third kappa shape index (κ3) is 2.35. The summed E-state index contributed by atoms with van der Waals surface area (Å²) in [4.78, 5) is 22.5. The number of esters is 1. The Balaban J connectivity index is 2.18. The van der Waals surface area contributed by atoms with Crippen molar-refractivity contribution in [2.75, 3.05) is 13.2 Å². The Kier molecular flexibility index (Phi) is 3.35. The highest BCUT2D eigenvalue weighted by molar-refractivity contribution is 5.70. The molecule has 1 unspecified atom stereocenters. The van der Waals surface area contributed by atoms with Crippen LogP contribution in [0.4, 0.5) is 0 Å². The van der Waals surface area contributed by atoms with Gasteiger partial charge in [0.1, 0.15) is 0 Å². The average Bonchev–Trinajstić information content (AvgIpc) is 2.38. The van der Waals surface area contributed by atoms with Crippen molar-refractivity contribution in [1.29, 1.82) is 0 Å². The van der Waals surface area contributed by atoms with Gasteiger partial charge in [-0.15, -0.1) is 0 Å². The first kappa shape index (κ1) is 14.3. The lowest BCUT2D eigenvalue weighted by molar-refractivity contribution is -0.497. The van der Waals surface area contributed by atoms with E-state index in [1.54, 1.807) is 6.92 Å². The van der Waals surface area contributed by atoms with Crippen LogP contribution in [0.3, 0.4) is 0 Å².